The fourth-order valence-corrected chi connectivity index (χ4v) is 6.28. The summed E-state index contributed by atoms with van der Waals surface area (Å²) in [4.78, 5) is 28.8. The molecule has 0 bridgehead atoms. The minimum absolute atomic E-state index is 0.0866. The first-order valence-corrected chi connectivity index (χ1v) is 15.0. The summed E-state index contributed by atoms with van der Waals surface area (Å²) < 4.78 is 34.0. The second kappa shape index (κ2) is 13.0. The number of benzene rings is 3. The third-order valence-corrected chi connectivity index (χ3v) is 9.10. The highest BCUT2D eigenvalue weighted by molar-refractivity contribution is 7.92. The normalized spacial score (nSPS) is 14.4. The molecule has 4 rings (SSSR count). The van der Waals surface area contributed by atoms with Crippen molar-refractivity contribution >= 4 is 27.5 Å². The van der Waals surface area contributed by atoms with Crippen LogP contribution in [0.5, 0.6) is 5.75 Å². The van der Waals surface area contributed by atoms with Gasteiger partial charge in [-0.05, 0) is 68.7 Å². The van der Waals surface area contributed by atoms with E-state index < -0.39 is 28.5 Å². The van der Waals surface area contributed by atoms with Crippen LogP contribution in [0, 0.1) is 6.92 Å². The molecule has 9 heteroatoms. The highest BCUT2D eigenvalue weighted by atomic mass is 32.2. The van der Waals surface area contributed by atoms with E-state index in [4.69, 9.17) is 4.74 Å². The summed E-state index contributed by atoms with van der Waals surface area (Å²) in [5.74, 6) is -0.0565. The summed E-state index contributed by atoms with van der Waals surface area (Å²) in [6.07, 6.45) is 3.97. The van der Waals surface area contributed by atoms with Crippen molar-refractivity contribution in [3.05, 3.63) is 90.0 Å². The topological polar surface area (TPSA) is 96.0 Å². The molecule has 1 saturated carbocycles. The van der Waals surface area contributed by atoms with Gasteiger partial charge >= 0.3 is 0 Å². The summed E-state index contributed by atoms with van der Waals surface area (Å²) in [7, 11) is -2.50. The third-order valence-electron chi connectivity index (χ3n) is 7.31. The van der Waals surface area contributed by atoms with Crippen molar-refractivity contribution in [2.45, 2.75) is 63.1 Å². The molecule has 212 valence electrons. The van der Waals surface area contributed by atoms with Gasteiger partial charge in [-0.25, -0.2) is 8.42 Å². The minimum Gasteiger partial charge on any atom is -0.497 e. The molecular weight excluding hydrogens is 526 g/mol. The molecule has 0 aliphatic heterocycles. The third kappa shape index (κ3) is 7.01. The van der Waals surface area contributed by atoms with E-state index >= 15 is 0 Å². The van der Waals surface area contributed by atoms with Crippen LogP contribution in [0.25, 0.3) is 0 Å². The summed E-state index contributed by atoms with van der Waals surface area (Å²) in [5.41, 5.74) is 2.08. The van der Waals surface area contributed by atoms with Gasteiger partial charge in [0.2, 0.25) is 11.8 Å². The molecule has 1 aliphatic rings. The zero-order valence-corrected chi connectivity index (χ0v) is 24.1. The zero-order valence-electron chi connectivity index (χ0n) is 23.2. The monoisotopic (exact) mass is 563 g/mol. The maximum Gasteiger partial charge on any atom is 0.264 e. The van der Waals surface area contributed by atoms with Crippen LogP contribution in [0.2, 0.25) is 0 Å². The first-order chi connectivity index (χ1) is 19.2. The number of nitrogens with one attached hydrogen (secondary N) is 1. The van der Waals surface area contributed by atoms with Crippen LogP contribution in [0.4, 0.5) is 5.69 Å². The van der Waals surface area contributed by atoms with E-state index in [0.717, 1.165) is 41.1 Å². The summed E-state index contributed by atoms with van der Waals surface area (Å²) >= 11 is 0. The van der Waals surface area contributed by atoms with Crippen LogP contribution < -0.4 is 14.4 Å². The molecular formula is C31H37N3O5S. The van der Waals surface area contributed by atoms with E-state index in [1.54, 1.807) is 68.6 Å². The molecule has 8 nitrogen and oxygen atoms in total. The van der Waals surface area contributed by atoms with E-state index in [0.29, 0.717) is 11.4 Å². The lowest BCUT2D eigenvalue weighted by atomic mass is 10.1. The fraction of sp³-hybridized carbons (Fsp3) is 0.355. The summed E-state index contributed by atoms with van der Waals surface area (Å²) in [6, 6.07) is 21.6. The number of hydrogen-bond acceptors (Lipinski definition) is 5. The number of methoxy groups -OCH3 is 1. The molecule has 2 amide bonds. The summed E-state index contributed by atoms with van der Waals surface area (Å²) in [6.45, 7) is 3.24. The van der Waals surface area contributed by atoms with Gasteiger partial charge in [-0.3, -0.25) is 13.9 Å². The van der Waals surface area contributed by atoms with E-state index in [1.165, 1.54) is 17.0 Å². The lowest BCUT2D eigenvalue weighted by molar-refractivity contribution is -0.139. The van der Waals surface area contributed by atoms with Crippen LogP contribution in [0.1, 0.15) is 43.7 Å². The van der Waals surface area contributed by atoms with Gasteiger partial charge in [0, 0.05) is 12.6 Å². The Balaban J connectivity index is 1.66. The minimum atomic E-state index is -4.08. The first kappa shape index (κ1) is 29.1. The molecule has 1 fully saturated rings. The van der Waals surface area contributed by atoms with Crippen LogP contribution in [-0.2, 0) is 26.2 Å². The number of rotatable bonds is 11. The Morgan fingerprint density at radius 3 is 2.17 bits per heavy atom. The fourth-order valence-electron chi connectivity index (χ4n) is 4.86. The number of anilines is 1. The molecule has 0 aromatic heterocycles. The van der Waals surface area contributed by atoms with E-state index in [2.05, 4.69) is 5.32 Å². The molecule has 0 heterocycles. The largest absolute Gasteiger partial charge is 0.497 e. The molecule has 0 saturated heterocycles. The average molecular weight is 564 g/mol. The number of nitrogens with zero attached hydrogens (tertiary/aromatic N) is 2. The van der Waals surface area contributed by atoms with Gasteiger partial charge in [0.25, 0.3) is 10.0 Å². The quantitative estimate of drug-likeness (QED) is 0.366. The maximum absolute atomic E-state index is 14.0. The van der Waals surface area contributed by atoms with Crippen molar-refractivity contribution in [2.24, 2.45) is 0 Å². The molecule has 1 N–H and O–H groups in total. The van der Waals surface area contributed by atoms with Crippen LogP contribution in [-0.4, -0.2) is 50.9 Å². The Morgan fingerprint density at radius 2 is 1.57 bits per heavy atom. The van der Waals surface area contributed by atoms with Crippen molar-refractivity contribution in [3.8, 4) is 5.75 Å². The zero-order chi connectivity index (χ0) is 28.7. The van der Waals surface area contributed by atoms with Crippen LogP contribution >= 0.6 is 0 Å². The van der Waals surface area contributed by atoms with Crippen molar-refractivity contribution in [2.75, 3.05) is 18.0 Å². The maximum atomic E-state index is 14.0. The smallest absolute Gasteiger partial charge is 0.264 e. The SMILES string of the molecule is COc1ccc(CN(C(=O)CN(c2ccccc2)S(=O)(=O)c2ccc(C)cc2)[C@H](C)C(=O)NC2CCCC2)cc1. The Labute approximate surface area is 237 Å². The van der Waals surface area contributed by atoms with E-state index in [1.807, 2.05) is 19.1 Å². The van der Waals surface area contributed by atoms with Gasteiger partial charge in [0.1, 0.15) is 18.3 Å². The predicted octanol–water partition coefficient (Wildman–Crippen LogP) is 4.68. The number of amides is 2. The molecule has 3 aromatic carbocycles. The molecule has 40 heavy (non-hydrogen) atoms. The first-order valence-electron chi connectivity index (χ1n) is 13.6. The molecule has 0 unspecified atom stereocenters. The molecule has 1 atom stereocenters. The Bertz CT molecular complexity index is 1390. The Morgan fingerprint density at radius 1 is 0.950 bits per heavy atom. The number of para-hydroxylation sites is 1. The number of carbonyl (C=O) groups excluding carboxylic acids is 2. The van der Waals surface area contributed by atoms with Gasteiger partial charge in [-0.2, -0.15) is 0 Å². The molecule has 0 radical (unpaired) electrons. The Kier molecular flexibility index (Phi) is 9.47. The highest BCUT2D eigenvalue weighted by Crippen LogP contribution is 2.25. The van der Waals surface area contributed by atoms with Gasteiger partial charge < -0.3 is 15.0 Å². The summed E-state index contributed by atoms with van der Waals surface area (Å²) in [5, 5.41) is 3.08. The average Bonchev–Trinajstić information content (AvgIpc) is 3.48. The number of carbonyl (C=O) groups is 2. The lowest BCUT2D eigenvalue weighted by Crippen LogP contribution is -2.52. The second-order valence-corrected chi connectivity index (χ2v) is 12.1. The Hall–Kier alpha value is -3.85. The van der Waals surface area contributed by atoms with Crippen LogP contribution in [0.15, 0.2) is 83.8 Å². The van der Waals surface area contributed by atoms with Gasteiger partial charge in [-0.1, -0.05) is 60.9 Å². The van der Waals surface area contributed by atoms with Crippen molar-refractivity contribution < 1.29 is 22.7 Å². The lowest BCUT2D eigenvalue weighted by Gasteiger charge is -2.32. The van der Waals surface area contributed by atoms with E-state index in [-0.39, 0.29) is 23.4 Å². The van der Waals surface area contributed by atoms with Crippen molar-refractivity contribution in [1.82, 2.24) is 10.2 Å². The van der Waals surface area contributed by atoms with Crippen LogP contribution in [0.3, 0.4) is 0 Å². The number of hydrogen-bond donors (Lipinski definition) is 1. The van der Waals surface area contributed by atoms with E-state index in [9.17, 15) is 18.0 Å². The van der Waals surface area contributed by atoms with Crippen molar-refractivity contribution in [3.63, 3.8) is 0 Å². The van der Waals surface area contributed by atoms with Gasteiger partial charge in [0.05, 0.1) is 17.7 Å². The second-order valence-electron chi connectivity index (χ2n) is 10.2. The number of aryl methyl sites for hydroxylation is 1. The van der Waals surface area contributed by atoms with Gasteiger partial charge in [0.15, 0.2) is 0 Å². The van der Waals surface area contributed by atoms with Gasteiger partial charge in [-0.15, -0.1) is 0 Å². The highest BCUT2D eigenvalue weighted by Gasteiger charge is 2.33. The number of ether oxygens (including phenoxy) is 1. The standard InChI is InChI=1S/C31H37N3O5S/c1-23-13-19-29(20-14-23)40(37,38)34(27-11-5-4-6-12-27)22-30(35)33(21-25-15-17-28(39-3)18-16-25)24(2)31(36)32-26-9-7-8-10-26/h4-6,11-20,24,26H,7-10,21-22H2,1-3H3,(H,32,36)/t24-/m1/s1. The predicted molar refractivity (Wildman–Crippen MR) is 156 cm³/mol. The molecule has 1 aliphatic carbocycles. The molecule has 0 spiro atoms. The van der Waals surface area contributed by atoms with Crippen molar-refractivity contribution in [1.29, 1.82) is 0 Å². The number of sulfonamides is 1. The molecule has 3 aromatic rings.